The first-order valence-corrected chi connectivity index (χ1v) is 8.70. The topological polar surface area (TPSA) is 45.6 Å². The normalized spacial score (nSPS) is 19.3. The standard InChI is InChI=1S/C17H22N2O2S/c1-2-21-16-7-5-13(6-8-16)17-18-14(12-22-17)10-19-9-3-4-15(20)11-19/h5-8,12,15,20H,2-4,9-11H2,1H3. The van der Waals surface area contributed by atoms with Crippen molar-refractivity contribution in [3.63, 3.8) is 0 Å². The van der Waals surface area contributed by atoms with Crippen LogP contribution < -0.4 is 4.74 Å². The minimum absolute atomic E-state index is 0.182. The number of likely N-dealkylation sites (tertiary alicyclic amines) is 1. The van der Waals surface area contributed by atoms with E-state index in [0.29, 0.717) is 6.61 Å². The predicted octanol–water partition coefficient (Wildman–Crippen LogP) is 3.17. The molecule has 0 spiro atoms. The van der Waals surface area contributed by atoms with Gasteiger partial charge >= 0.3 is 0 Å². The minimum Gasteiger partial charge on any atom is -0.494 e. The second-order valence-electron chi connectivity index (χ2n) is 5.63. The Bertz CT molecular complexity index is 597. The zero-order valence-electron chi connectivity index (χ0n) is 12.9. The summed E-state index contributed by atoms with van der Waals surface area (Å²) in [7, 11) is 0. The van der Waals surface area contributed by atoms with Gasteiger partial charge in [-0.05, 0) is 50.6 Å². The van der Waals surface area contributed by atoms with Crippen LogP contribution in [0.4, 0.5) is 0 Å². The quantitative estimate of drug-likeness (QED) is 0.920. The molecule has 3 rings (SSSR count). The molecule has 1 aromatic heterocycles. The lowest BCUT2D eigenvalue weighted by Crippen LogP contribution is -2.37. The van der Waals surface area contributed by atoms with Crippen molar-refractivity contribution in [2.45, 2.75) is 32.4 Å². The molecule has 0 saturated carbocycles. The van der Waals surface area contributed by atoms with Gasteiger partial charge in [-0.2, -0.15) is 0 Å². The molecule has 0 amide bonds. The fourth-order valence-electron chi connectivity index (χ4n) is 2.78. The van der Waals surface area contributed by atoms with Gasteiger partial charge < -0.3 is 9.84 Å². The molecular weight excluding hydrogens is 296 g/mol. The van der Waals surface area contributed by atoms with E-state index < -0.39 is 0 Å². The van der Waals surface area contributed by atoms with Crippen molar-refractivity contribution in [1.29, 1.82) is 0 Å². The fraction of sp³-hybridized carbons (Fsp3) is 0.471. The van der Waals surface area contributed by atoms with Gasteiger partial charge in [0.25, 0.3) is 0 Å². The van der Waals surface area contributed by atoms with Crippen LogP contribution in [0, 0.1) is 0 Å². The third kappa shape index (κ3) is 3.85. The number of ether oxygens (including phenoxy) is 1. The lowest BCUT2D eigenvalue weighted by molar-refractivity contribution is 0.0663. The van der Waals surface area contributed by atoms with Gasteiger partial charge in [-0.3, -0.25) is 4.90 Å². The third-order valence-electron chi connectivity index (χ3n) is 3.83. The number of aliphatic hydroxyl groups is 1. The van der Waals surface area contributed by atoms with Crippen molar-refractivity contribution in [3.05, 3.63) is 35.3 Å². The van der Waals surface area contributed by atoms with Crippen LogP contribution in [-0.4, -0.2) is 40.8 Å². The number of aliphatic hydroxyl groups excluding tert-OH is 1. The number of nitrogens with zero attached hydrogens (tertiary/aromatic N) is 2. The molecule has 4 nitrogen and oxygen atoms in total. The highest BCUT2D eigenvalue weighted by atomic mass is 32.1. The highest BCUT2D eigenvalue weighted by Gasteiger charge is 2.18. The molecule has 1 atom stereocenters. The monoisotopic (exact) mass is 318 g/mol. The summed E-state index contributed by atoms with van der Waals surface area (Å²) in [6.45, 7) is 5.30. The number of hydrogen-bond donors (Lipinski definition) is 1. The van der Waals surface area contributed by atoms with E-state index in [0.717, 1.165) is 54.5 Å². The van der Waals surface area contributed by atoms with E-state index in [1.54, 1.807) is 11.3 Å². The molecule has 1 N–H and O–H groups in total. The number of benzene rings is 1. The summed E-state index contributed by atoms with van der Waals surface area (Å²) in [6, 6.07) is 8.08. The molecule has 0 radical (unpaired) electrons. The van der Waals surface area contributed by atoms with E-state index in [1.165, 1.54) is 0 Å². The summed E-state index contributed by atoms with van der Waals surface area (Å²) in [6.07, 6.45) is 1.81. The smallest absolute Gasteiger partial charge is 0.123 e. The van der Waals surface area contributed by atoms with Gasteiger partial charge in [-0.15, -0.1) is 11.3 Å². The van der Waals surface area contributed by atoms with Crippen LogP contribution in [0.15, 0.2) is 29.6 Å². The fourth-order valence-corrected chi connectivity index (χ4v) is 3.59. The van der Waals surface area contributed by atoms with Gasteiger partial charge in [0.05, 0.1) is 18.4 Å². The lowest BCUT2D eigenvalue weighted by atomic mass is 10.1. The van der Waals surface area contributed by atoms with Crippen LogP contribution in [-0.2, 0) is 6.54 Å². The number of hydrogen-bond acceptors (Lipinski definition) is 5. The van der Waals surface area contributed by atoms with Crippen molar-refractivity contribution in [2.75, 3.05) is 19.7 Å². The molecule has 1 saturated heterocycles. The molecular formula is C17H22N2O2S. The van der Waals surface area contributed by atoms with Crippen LogP contribution in [0.5, 0.6) is 5.75 Å². The number of thiazole rings is 1. The Kier molecular flexibility index (Phi) is 5.08. The van der Waals surface area contributed by atoms with Crippen molar-refractivity contribution in [1.82, 2.24) is 9.88 Å². The molecule has 2 aromatic rings. The van der Waals surface area contributed by atoms with E-state index in [2.05, 4.69) is 22.4 Å². The van der Waals surface area contributed by atoms with E-state index in [-0.39, 0.29) is 6.10 Å². The predicted molar refractivity (Wildman–Crippen MR) is 89.2 cm³/mol. The van der Waals surface area contributed by atoms with Gasteiger partial charge in [0.1, 0.15) is 10.8 Å². The number of rotatable bonds is 5. The van der Waals surface area contributed by atoms with Gasteiger partial charge in [-0.25, -0.2) is 4.98 Å². The Hall–Kier alpha value is -1.43. The molecule has 5 heteroatoms. The van der Waals surface area contributed by atoms with Gasteiger partial charge in [0.2, 0.25) is 0 Å². The van der Waals surface area contributed by atoms with E-state index in [4.69, 9.17) is 9.72 Å². The van der Waals surface area contributed by atoms with Crippen molar-refractivity contribution < 1.29 is 9.84 Å². The molecule has 0 aliphatic carbocycles. The molecule has 0 bridgehead atoms. The van der Waals surface area contributed by atoms with Crippen LogP contribution in [0.25, 0.3) is 10.6 Å². The first-order valence-electron chi connectivity index (χ1n) is 7.82. The summed E-state index contributed by atoms with van der Waals surface area (Å²) < 4.78 is 5.47. The van der Waals surface area contributed by atoms with Crippen LogP contribution >= 0.6 is 11.3 Å². The largest absolute Gasteiger partial charge is 0.494 e. The molecule has 1 aromatic carbocycles. The number of β-amino-alcohol motifs (C(OH)–C–C–N with tert-alkyl or cyclic N) is 1. The van der Waals surface area contributed by atoms with E-state index in [1.807, 2.05) is 19.1 Å². The zero-order valence-corrected chi connectivity index (χ0v) is 13.7. The third-order valence-corrected chi connectivity index (χ3v) is 4.77. The maximum Gasteiger partial charge on any atom is 0.123 e. The number of piperidine rings is 1. The van der Waals surface area contributed by atoms with Crippen LogP contribution in [0.2, 0.25) is 0 Å². The van der Waals surface area contributed by atoms with Crippen molar-refractivity contribution in [2.24, 2.45) is 0 Å². The summed E-state index contributed by atoms with van der Waals surface area (Å²) in [4.78, 5) is 7.01. The minimum atomic E-state index is -0.182. The van der Waals surface area contributed by atoms with E-state index >= 15 is 0 Å². The highest BCUT2D eigenvalue weighted by Crippen LogP contribution is 2.26. The van der Waals surface area contributed by atoms with Crippen molar-refractivity contribution in [3.8, 4) is 16.3 Å². The Morgan fingerprint density at radius 1 is 1.36 bits per heavy atom. The average Bonchev–Trinajstić information content (AvgIpc) is 2.97. The summed E-state index contributed by atoms with van der Waals surface area (Å²) in [5.41, 5.74) is 2.21. The lowest BCUT2D eigenvalue weighted by Gasteiger charge is -2.29. The molecule has 1 aliphatic heterocycles. The average molecular weight is 318 g/mol. The second-order valence-corrected chi connectivity index (χ2v) is 6.49. The molecule has 2 heterocycles. The molecule has 1 aliphatic rings. The molecule has 118 valence electrons. The Balaban J connectivity index is 1.65. The summed E-state index contributed by atoms with van der Waals surface area (Å²) in [5.74, 6) is 0.894. The van der Waals surface area contributed by atoms with Crippen LogP contribution in [0.1, 0.15) is 25.5 Å². The summed E-state index contributed by atoms with van der Waals surface area (Å²) in [5, 5.41) is 12.9. The Morgan fingerprint density at radius 3 is 2.91 bits per heavy atom. The van der Waals surface area contributed by atoms with Crippen molar-refractivity contribution >= 4 is 11.3 Å². The summed E-state index contributed by atoms with van der Waals surface area (Å²) >= 11 is 1.67. The second kappa shape index (κ2) is 7.22. The first-order chi connectivity index (χ1) is 10.7. The zero-order chi connectivity index (χ0) is 15.4. The Labute approximate surface area is 135 Å². The molecule has 22 heavy (non-hydrogen) atoms. The Morgan fingerprint density at radius 2 is 2.18 bits per heavy atom. The molecule has 1 fully saturated rings. The van der Waals surface area contributed by atoms with E-state index in [9.17, 15) is 5.11 Å². The van der Waals surface area contributed by atoms with Crippen LogP contribution in [0.3, 0.4) is 0 Å². The highest BCUT2D eigenvalue weighted by molar-refractivity contribution is 7.13. The van der Waals surface area contributed by atoms with Gasteiger partial charge in [0, 0.05) is 24.0 Å². The number of aromatic nitrogens is 1. The maximum atomic E-state index is 9.74. The first kappa shape index (κ1) is 15.5. The van der Waals surface area contributed by atoms with Gasteiger partial charge in [0.15, 0.2) is 0 Å². The maximum absolute atomic E-state index is 9.74. The van der Waals surface area contributed by atoms with Gasteiger partial charge in [-0.1, -0.05) is 0 Å². The molecule has 1 unspecified atom stereocenters. The SMILES string of the molecule is CCOc1ccc(-c2nc(CN3CCCC(O)C3)cs2)cc1.